The molecular weight excluding hydrogens is 765 g/mol. The average molecular weight is 797 g/mol. The van der Waals surface area contributed by atoms with E-state index in [-0.39, 0.29) is 0 Å². The van der Waals surface area contributed by atoms with Crippen LogP contribution in [0.1, 0.15) is 11.1 Å². The minimum absolute atomic E-state index is 0.602. The van der Waals surface area contributed by atoms with Crippen LogP contribution < -0.4 is 0 Å². The molecule has 9 aromatic carbocycles. The number of nitrogens with zero attached hydrogens (tertiary/aromatic N) is 2. The third-order valence-corrected chi connectivity index (χ3v) is 13.9. The van der Waals surface area contributed by atoms with E-state index in [2.05, 4.69) is 176 Å². The van der Waals surface area contributed by atoms with Gasteiger partial charge in [0, 0.05) is 40.3 Å². The van der Waals surface area contributed by atoms with Gasteiger partial charge in [-0.15, -0.1) is 22.7 Å². The Morgan fingerprint density at radius 3 is 1.12 bits per heavy atom. The van der Waals surface area contributed by atoms with Gasteiger partial charge in [0.1, 0.15) is 0 Å². The molecule has 2 heterocycles. The van der Waals surface area contributed by atoms with Crippen molar-refractivity contribution in [2.75, 3.05) is 0 Å². The van der Waals surface area contributed by atoms with Gasteiger partial charge in [0.05, 0.1) is 23.3 Å². The normalized spacial score (nSPS) is 11.3. The zero-order valence-corrected chi connectivity index (χ0v) is 33.8. The van der Waals surface area contributed by atoms with E-state index >= 15 is 0 Å². The van der Waals surface area contributed by atoms with Crippen molar-refractivity contribution in [3.63, 3.8) is 0 Å². The van der Waals surface area contributed by atoms with Crippen LogP contribution in [0.25, 0.3) is 107 Å². The van der Waals surface area contributed by atoms with Gasteiger partial charge in [0.25, 0.3) is 0 Å². The second-order valence-electron chi connectivity index (χ2n) is 15.1. The molecule has 4 heteroatoms. The average Bonchev–Trinajstić information content (AvgIpc) is 3.90. The molecule has 2 aromatic heterocycles. The lowest BCUT2D eigenvalue weighted by molar-refractivity contribution is 1.47. The largest absolute Gasteiger partial charge is 0.192 e. The summed E-state index contributed by atoms with van der Waals surface area (Å²) in [7, 11) is 0. The fourth-order valence-electron chi connectivity index (χ4n) is 8.59. The van der Waals surface area contributed by atoms with Gasteiger partial charge in [-0.3, -0.25) is 0 Å². The van der Waals surface area contributed by atoms with E-state index < -0.39 is 0 Å². The third kappa shape index (κ3) is 6.24. The van der Waals surface area contributed by atoms with Crippen LogP contribution in [-0.2, 0) is 0 Å². The van der Waals surface area contributed by atoms with Crippen molar-refractivity contribution in [2.45, 2.75) is 0 Å². The highest BCUT2D eigenvalue weighted by Gasteiger charge is 2.17. The van der Waals surface area contributed by atoms with Crippen LogP contribution in [0.2, 0.25) is 0 Å². The Balaban J connectivity index is 1.11. The fourth-order valence-corrected chi connectivity index (χ4v) is 11.1. The van der Waals surface area contributed by atoms with E-state index in [1.807, 2.05) is 30.3 Å². The molecule has 0 saturated heterocycles. The molecule has 0 radical (unpaired) electrons. The number of thiophene rings is 2. The number of hydrogen-bond donors (Lipinski definition) is 0. The van der Waals surface area contributed by atoms with Crippen molar-refractivity contribution in [3.8, 4) is 78.9 Å². The smallest absolute Gasteiger partial charge is 0.0992 e. The Morgan fingerprint density at radius 2 is 0.633 bits per heavy atom. The van der Waals surface area contributed by atoms with E-state index in [0.717, 1.165) is 61.2 Å². The van der Waals surface area contributed by atoms with Crippen molar-refractivity contribution in [2.24, 2.45) is 0 Å². The summed E-state index contributed by atoms with van der Waals surface area (Å²) in [5.41, 5.74) is 13.8. The predicted octanol–water partition coefficient (Wildman–Crippen LogP) is 16.2. The minimum Gasteiger partial charge on any atom is -0.192 e. The van der Waals surface area contributed by atoms with Gasteiger partial charge in [-0.25, -0.2) is 0 Å². The third-order valence-electron chi connectivity index (χ3n) is 11.5. The number of nitriles is 2. The van der Waals surface area contributed by atoms with Crippen molar-refractivity contribution in [1.82, 2.24) is 0 Å². The highest BCUT2D eigenvalue weighted by molar-refractivity contribution is 7.26. The van der Waals surface area contributed by atoms with Gasteiger partial charge in [0.15, 0.2) is 0 Å². The molecule has 0 spiro atoms. The Kier molecular flexibility index (Phi) is 8.68. The maximum Gasteiger partial charge on any atom is 0.0992 e. The maximum absolute atomic E-state index is 10.4. The van der Waals surface area contributed by atoms with Crippen molar-refractivity contribution >= 4 is 63.0 Å². The Hall–Kier alpha value is -7.60. The number of hydrogen-bond acceptors (Lipinski definition) is 4. The molecule has 11 aromatic rings. The molecule has 60 heavy (non-hydrogen) atoms. The summed E-state index contributed by atoms with van der Waals surface area (Å²) in [6.45, 7) is 0. The summed E-state index contributed by atoms with van der Waals surface area (Å²) in [5, 5.41) is 25.8. The molecule has 0 bridgehead atoms. The zero-order valence-electron chi connectivity index (χ0n) is 32.2. The zero-order chi connectivity index (χ0) is 40.2. The van der Waals surface area contributed by atoms with Crippen LogP contribution in [-0.4, -0.2) is 0 Å². The first-order valence-electron chi connectivity index (χ1n) is 19.8. The van der Waals surface area contributed by atoms with Gasteiger partial charge in [-0.2, -0.15) is 10.5 Å². The van der Waals surface area contributed by atoms with Gasteiger partial charge in [-0.1, -0.05) is 127 Å². The molecule has 0 aliphatic rings. The number of benzene rings is 9. The lowest BCUT2D eigenvalue weighted by Gasteiger charge is -2.15. The van der Waals surface area contributed by atoms with Gasteiger partial charge in [0.2, 0.25) is 0 Å². The second-order valence-corrected chi connectivity index (χ2v) is 17.2. The molecule has 278 valence electrons. The van der Waals surface area contributed by atoms with Crippen LogP contribution in [0.3, 0.4) is 0 Å². The van der Waals surface area contributed by atoms with Gasteiger partial charge >= 0.3 is 0 Å². The molecule has 0 fully saturated rings. The van der Waals surface area contributed by atoms with Crippen molar-refractivity contribution < 1.29 is 0 Å². The molecule has 0 aliphatic heterocycles. The summed E-state index contributed by atoms with van der Waals surface area (Å²) in [6.07, 6.45) is 0. The van der Waals surface area contributed by atoms with Crippen LogP contribution in [0.15, 0.2) is 194 Å². The first-order chi connectivity index (χ1) is 29.6. The summed E-state index contributed by atoms with van der Waals surface area (Å²) in [6, 6.07) is 73.2. The van der Waals surface area contributed by atoms with Crippen LogP contribution >= 0.6 is 22.7 Å². The lowest BCUT2D eigenvalue weighted by atomic mass is 9.89. The lowest BCUT2D eigenvalue weighted by Crippen LogP contribution is -1.90. The fraction of sp³-hybridized carbons (Fsp3) is 0. The first-order valence-corrected chi connectivity index (χ1v) is 21.5. The first kappa shape index (κ1) is 35.6. The standard InChI is InChI=1S/C56H32N2S2/c57-33-35-24-40(31-45(26-35)47-14-8-16-51-49-12-4-6-18-53(49)59-55(47)51)43-28-42(39-22-20-38(21-23-39)37-10-2-1-3-11-37)29-44(30-43)41-25-36(34-58)27-46(32-41)48-15-9-17-52-50-13-5-7-19-54(50)60-56(48)52/h1-32H. The predicted molar refractivity (Wildman–Crippen MR) is 254 cm³/mol. The molecule has 0 amide bonds. The van der Waals surface area contributed by atoms with E-state index in [9.17, 15) is 10.5 Å². The molecule has 0 N–H and O–H groups in total. The number of fused-ring (bicyclic) bond motifs is 6. The van der Waals surface area contributed by atoms with Gasteiger partial charge < -0.3 is 0 Å². The SMILES string of the molecule is N#Cc1cc(-c2cc(-c3ccc(-c4ccccc4)cc3)cc(-c3cc(C#N)cc(-c4cccc5c4sc4ccccc45)c3)c2)cc(-c2cccc3c2sc2ccccc23)c1. The Morgan fingerprint density at radius 1 is 0.283 bits per heavy atom. The molecule has 11 rings (SSSR count). The monoisotopic (exact) mass is 796 g/mol. The van der Waals surface area contributed by atoms with Crippen molar-refractivity contribution in [3.05, 3.63) is 205 Å². The summed E-state index contributed by atoms with van der Waals surface area (Å²) >= 11 is 3.59. The summed E-state index contributed by atoms with van der Waals surface area (Å²) in [4.78, 5) is 0. The van der Waals surface area contributed by atoms with Gasteiger partial charge in [-0.05, 0) is 133 Å². The summed E-state index contributed by atoms with van der Waals surface area (Å²) < 4.78 is 4.91. The molecule has 0 saturated carbocycles. The van der Waals surface area contributed by atoms with E-state index in [4.69, 9.17) is 0 Å². The van der Waals surface area contributed by atoms with Crippen LogP contribution in [0.5, 0.6) is 0 Å². The van der Waals surface area contributed by atoms with E-state index in [1.54, 1.807) is 22.7 Å². The van der Waals surface area contributed by atoms with Crippen LogP contribution in [0, 0.1) is 22.7 Å². The molecular formula is C56H32N2S2. The Bertz CT molecular complexity index is 3370. The number of rotatable bonds is 6. The highest BCUT2D eigenvalue weighted by Crippen LogP contribution is 2.44. The second kappa shape index (κ2) is 14.7. The minimum atomic E-state index is 0.602. The Labute approximate surface area is 355 Å². The van der Waals surface area contributed by atoms with E-state index in [0.29, 0.717) is 11.1 Å². The topological polar surface area (TPSA) is 47.6 Å². The van der Waals surface area contributed by atoms with E-state index in [1.165, 1.54) is 45.9 Å². The van der Waals surface area contributed by atoms with Crippen LogP contribution in [0.4, 0.5) is 0 Å². The molecule has 0 atom stereocenters. The molecule has 0 aliphatic carbocycles. The quantitative estimate of drug-likeness (QED) is 0.168. The summed E-state index contributed by atoms with van der Waals surface area (Å²) in [5.74, 6) is 0. The maximum atomic E-state index is 10.4. The highest BCUT2D eigenvalue weighted by atomic mass is 32.1. The molecule has 0 unspecified atom stereocenters. The molecule has 2 nitrogen and oxygen atoms in total. The van der Waals surface area contributed by atoms with Crippen molar-refractivity contribution in [1.29, 1.82) is 10.5 Å².